The van der Waals surface area contributed by atoms with Gasteiger partial charge in [0.25, 0.3) is 0 Å². The maximum absolute atomic E-state index is 11.3. The van der Waals surface area contributed by atoms with E-state index >= 15 is 0 Å². The minimum atomic E-state index is -0.279. The molecule has 1 aromatic rings. The van der Waals surface area contributed by atoms with Gasteiger partial charge in [-0.3, -0.25) is 4.79 Å². The number of nitrogens with zero attached hydrogens (tertiary/aromatic N) is 2. The highest BCUT2D eigenvalue weighted by Crippen LogP contribution is 2.36. The maximum Gasteiger partial charge on any atom is 0.236 e. The van der Waals surface area contributed by atoms with Crippen LogP contribution in [0.15, 0.2) is 4.52 Å². The predicted octanol–water partition coefficient (Wildman–Crippen LogP) is 3.45. The van der Waals surface area contributed by atoms with Gasteiger partial charge in [-0.25, -0.2) is 0 Å². The Morgan fingerprint density at radius 3 is 2.61 bits per heavy atom. The summed E-state index contributed by atoms with van der Waals surface area (Å²) in [6, 6.07) is 0. The summed E-state index contributed by atoms with van der Waals surface area (Å²) in [5.74, 6) is 2.34. The lowest BCUT2D eigenvalue weighted by Gasteiger charge is -2.25. The first kappa shape index (κ1) is 13.2. The Hall–Kier alpha value is -1.19. The number of aromatic nitrogens is 2. The molecule has 2 rings (SSSR count). The van der Waals surface area contributed by atoms with Gasteiger partial charge in [0.1, 0.15) is 5.78 Å². The van der Waals surface area contributed by atoms with Crippen molar-refractivity contribution in [1.82, 2.24) is 10.1 Å². The molecule has 4 nitrogen and oxygen atoms in total. The third-order valence-corrected chi connectivity index (χ3v) is 4.23. The molecule has 0 saturated heterocycles. The van der Waals surface area contributed by atoms with Crippen molar-refractivity contribution in [2.24, 2.45) is 5.92 Å². The third-order valence-electron chi connectivity index (χ3n) is 4.23. The Labute approximate surface area is 108 Å². The molecule has 1 atom stereocenters. The van der Waals surface area contributed by atoms with Crippen LogP contribution in [0.2, 0.25) is 0 Å². The molecule has 1 aliphatic rings. The zero-order chi connectivity index (χ0) is 13.1. The van der Waals surface area contributed by atoms with Crippen LogP contribution in [-0.2, 0) is 4.79 Å². The summed E-state index contributed by atoms with van der Waals surface area (Å²) in [7, 11) is 0. The first-order valence-corrected chi connectivity index (χ1v) is 6.95. The monoisotopic (exact) mass is 250 g/mol. The van der Waals surface area contributed by atoms with Crippen LogP contribution in [0.4, 0.5) is 0 Å². The molecule has 0 N–H and O–H groups in total. The van der Waals surface area contributed by atoms with Crippen LogP contribution < -0.4 is 0 Å². The van der Waals surface area contributed by atoms with E-state index in [4.69, 9.17) is 4.52 Å². The Morgan fingerprint density at radius 1 is 1.39 bits per heavy atom. The number of Topliss-reactive ketones (excluding diaryl/α,β-unsaturated/α-hetero) is 1. The third kappa shape index (κ3) is 2.79. The van der Waals surface area contributed by atoms with Gasteiger partial charge >= 0.3 is 0 Å². The fourth-order valence-corrected chi connectivity index (χ4v) is 2.59. The second kappa shape index (κ2) is 5.63. The number of rotatable bonds is 4. The van der Waals surface area contributed by atoms with Crippen molar-refractivity contribution in [3.63, 3.8) is 0 Å². The fraction of sp³-hybridized carbons (Fsp3) is 0.786. The van der Waals surface area contributed by atoms with E-state index in [1.54, 1.807) is 6.92 Å². The molecule has 1 aromatic heterocycles. The minimum absolute atomic E-state index is 0.0693. The van der Waals surface area contributed by atoms with Crippen LogP contribution in [0.25, 0.3) is 0 Å². The van der Waals surface area contributed by atoms with Crippen molar-refractivity contribution in [1.29, 1.82) is 0 Å². The van der Waals surface area contributed by atoms with Crippen LogP contribution in [-0.4, -0.2) is 15.9 Å². The van der Waals surface area contributed by atoms with Crippen molar-refractivity contribution in [3.8, 4) is 0 Å². The Balaban J connectivity index is 2.00. The molecule has 100 valence electrons. The molecule has 1 aliphatic carbocycles. The molecule has 1 fully saturated rings. The van der Waals surface area contributed by atoms with Gasteiger partial charge in [0, 0.05) is 5.92 Å². The highest BCUT2D eigenvalue weighted by Gasteiger charge is 2.26. The first-order chi connectivity index (χ1) is 8.61. The summed E-state index contributed by atoms with van der Waals surface area (Å²) in [4.78, 5) is 15.7. The topological polar surface area (TPSA) is 56.0 Å². The van der Waals surface area contributed by atoms with Gasteiger partial charge in [-0.1, -0.05) is 18.5 Å². The van der Waals surface area contributed by atoms with Crippen molar-refractivity contribution in [3.05, 3.63) is 11.7 Å². The first-order valence-electron chi connectivity index (χ1n) is 6.95. The molecule has 0 spiro atoms. The summed E-state index contributed by atoms with van der Waals surface area (Å²) in [6.07, 6.45) is 6.07. The van der Waals surface area contributed by atoms with Gasteiger partial charge < -0.3 is 4.52 Å². The number of carbonyl (C=O) groups excluding carboxylic acids is 1. The summed E-state index contributed by atoms with van der Waals surface area (Å²) < 4.78 is 5.21. The van der Waals surface area contributed by atoms with E-state index in [-0.39, 0.29) is 11.7 Å². The smallest absolute Gasteiger partial charge is 0.236 e. The SMILES string of the molecule is CCC1CCC(c2noc(C(C)C(C)=O)n2)CC1. The van der Waals surface area contributed by atoms with E-state index in [9.17, 15) is 4.79 Å². The van der Waals surface area contributed by atoms with E-state index in [1.807, 2.05) is 6.92 Å². The number of ketones is 1. The van der Waals surface area contributed by atoms with Gasteiger partial charge in [0.05, 0.1) is 5.92 Å². The van der Waals surface area contributed by atoms with E-state index in [0.29, 0.717) is 11.8 Å². The Morgan fingerprint density at radius 2 is 2.06 bits per heavy atom. The van der Waals surface area contributed by atoms with Gasteiger partial charge in [0.15, 0.2) is 5.82 Å². The normalized spacial score (nSPS) is 25.9. The molecule has 0 aliphatic heterocycles. The molecule has 0 bridgehead atoms. The largest absolute Gasteiger partial charge is 0.339 e. The van der Waals surface area contributed by atoms with E-state index in [2.05, 4.69) is 17.1 Å². The maximum atomic E-state index is 11.3. The van der Waals surface area contributed by atoms with E-state index < -0.39 is 0 Å². The summed E-state index contributed by atoms with van der Waals surface area (Å²) >= 11 is 0. The predicted molar refractivity (Wildman–Crippen MR) is 68.4 cm³/mol. The van der Waals surface area contributed by atoms with Crippen LogP contribution in [0, 0.1) is 5.92 Å². The van der Waals surface area contributed by atoms with E-state index in [1.165, 1.54) is 19.3 Å². The average molecular weight is 250 g/mol. The van der Waals surface area contributed by atoms with Crippen LogP contribution in [0.1, 0.15) is 76.4 Å². The van der Waals surface area contributed by atoms with Crippen LogP contribution in [0.5, 0.6) is 0 Å². The van der Waals surface area contributed by atoms with E-state index in [0.717, 1.165) is 24.6 Å². The lowest BCUT2D eigenvalue weighted by molar-refractivity contribution is -0.118. The van der Waals surface area contributed by atoms with Crippen LogP contribution in [0.3, 0.4) is 0 Å². The summed E-state index contributed by atoms with van der Waals surface area (Å²) in [5.41, 5.74) is 0. The molecular weight excluding hydrogens is 228 g/mol. The van der Waals surface area contributed by atoms with Gasteiger partial charge in [-0.15, -0.1) is 0 Å². The van der Waals surface area contributed by atoms with Gasteiger partial charge in [0.2, 0.25) is 5.89 Å². The zero-order valence-electron chi connectivity index (χ0n) is 11.5. The molecular formula is C14H22N2O2. The standard InChI is InChI=1S/C14H22N2O2/c1-4-11-5-7-12(8-6-11)13-15-14(18-16-13)9(2)10(3)17/h9,11-12H,4-8H2,1-3H3. The molecule has 1 heterocycles. The lowest BCUT2D eigenvalue weighted by atomic mass is 9.80. The highest BCUT2D eigenvalue weighted by molar-refractivity contribution is 5.81. The number of carbonyl (C=O) groups is 1. The average Bonchev–Trinajstić information content (AvgIpc) is 2.87. The molecule has 0 aromatic carbocycles. The van der Waals surface area contributed by atoms with Crippen molar-refractivity contribution in [2.75, 3.05) is 0 Å². The summed E-state index contributed by atoms with van der Waals surface area (Å²) in [5, 5.41) is 4.06. The van der Waals surface area contributed by atoms with Crippen molar-refractivity contribution in [2.45, 2.75) is 64.7 Å². The minimum Gasteiger partial charge on any atom is -0.339 e. The zero-order valence-corrected chi connectivity index (χ0v) is 11.5. The van der Waals surface area contributed by atoms with Crippen molar-refractivity contribution < 1.29 is 9.32 Å². The second-order valence-corrected chi connectivity index (χ2v) is 5.45. The van der Waals surface area contributed by atoms with Gasteiger partial charge in [-0.05, 0) is 45.4 Å². The second-order valence-electron chi connectivity index (χ2n) is 5.45. The molecule has 18 heavy (non-hydrogen) atoms. The van der Waals surface area contributed by atoms with Gasteiger partial charge in [-0.2, -0.15) is 4.98 Å². The quantitative estimate of drug-likeness (QED) is 0.821. The van der Waals surface area contributed by atoms with Crippen molar-refractivity contribution >= 4 is 5.78 Å². The molecule has 1 unspecified atom stereocenters. The Bertz CT molecular complexity index is 406. The summed E-state index contributed by atoms with van der Waals surface area (Å²) in [6.45, 7) is 5.63. The molecule has 0 amide bonds. The molecule has 1 saturated carbocycles. The Kier molecular flexibility index (Phi) is 4.15. The van der Waals surface area contributed by atoms with Crippen LogP contribution >= 0.6 is 0 Å². The lowest BCUT2D eigenvalue weighted by Crippen LogP contribution is -2.14. The fourth-order valence-electron chi connectivity index (χ4n) is 2.59. The molecule has 0 radical (unpaired) electrons. The number of hydrogen-bond donors (Lipinski definition) is 0. The highest BCUT2D eigenvalue weighted by atomic mass is 16.5. The number of hydrogen-bond acceptors (Lipinski definition) is 4. The molecule has 4 heteroatoms.